The number of nitrogens with two attached hydrogens (primary N) is 1. The largest absolute Gasteiger partial charge is 0.464 e. The molecule has 0 saturated carbocycles. The Hall–Kier alpha value is -2.83. The van der Waals surface area contributed by atoms with Gasteiger partial charge in [-0.25, -0.2) is 4.79 Å². The molecule has 0 radical (unpaired) electrons. The minimum atomic E-state index is -1.09. The molecule has 0 saturated heterocycles. The molecule has 0 aliphatic heterocycles. The number of fused-ring (bicyclic) bond motifs is 1. The van der Waals surface area contributed by atoms with Gasteiger partial charge in [-0.3, -0.25) is 14.9 Å². The van der Waals surface area contributed by atoms with E-state index in [-0.39, 0.29) is 12.3 Å². The number of benzene rings is 1. The van der Waals surface area contributed by atoms with Crippen molar-refractivity contribution < 1.29 is 23.5 Å². The number of rotatable bonds is 6. The monoisotopic (exact) mass is 346 g/mol. The van der Waals surface area contributed by atoms with Gasteiger partial charge in [0.1, 0.15) is 5.58 Å². The normalized spacial score (nSPS) is 12.2. The average molecular weight is 346 g/mol. The molecule has 2 rings (SSSR count). The lowest BCUT2D eigenvalue weighted by Gasteiger charge is -2.19. The van der Waals surface area contributed by atoms with Gasteiger partial charge in [0.2, 0.25) is 0 Å². The number of carbonyl (C=O) groups is 3. The van der Waals surface area contributed by atoms with Crippen molar-refractivity contribution in [3.05, 3.63) is 35.6 Å². The van der Waals surface area contributed by atoms with E-state index in [1.807, 2.05) is 30.4 Å². The Morgan fingerprint density at radius 3 is 2.60 bits per heavy atom. The van der Waals surface area contributed by atoms with Crippen LogP contribution in [0.15, 0.2) is 28.9 Å². The van der Waals surface area contributed by atoms with Crippen molar-refractivity contribution in [3.8, 4) is 0 Å². The zero-order valence-corrected chi connectivity index (χ0v) is 14.5. The number of imide groups is 1. The lowest BCUT2D eigenvalue weighted by molar-refractivity contribution is -0.157. The van der Waals surface area contributed by atoms with Crippen molar-refractivity contribution in [2.45, 2.75) is 39.7 Å². The Morgan fingerprint density at radius 2 is 2.00 bits per heavy atom. The Kier molecular flexibility index (Phi) is 5.80. The van der Waals surface area contributed by atoms with E-state index in [2.05, 4.69) is 0 Å². The Labute approximate surface area is 145 Å². The Bertz CT molecular complexity index is 794. The first-order valence-electron chi connectivity index (χ1n) is 8.10. The zero-order chi connectivity index (χ0) is 18.6. The lowest BCUT2D eigenvalue weighted by atomic mass is 10.1. The Morgan fingerprint density at radius 1 is 1.28 bits per heavy atom. The first-order valence-corrected chi connectivity index (χ1v) is 8.10. The van der Waals surface area contributed by atoms with Crippen molar-refractivity contribution in [2.24, 2.45) is 11.7 Å². The van der Waals surface area contributed by atoms with Crippen LogP contribution in [0.1, 0.15) is 31.9 Å². The third-order valence-electron chi connectivity index (χ3n) is 3.83. The second-order valence-corrected chi connectivity index (χ2v) is 6.13. The number of amides is 3. The molecule has 0 spiro atoms. The van der Waals surface area contributed by atoms with Crippen LogP contribution >= 0.6 is 0 Å². The summed E-state index contributed by atoms with van der Waals surface area (Å²) in [5.74, 6) is -1.63. The van der Waals surface area contributed by atoms with Gasteiger partial charge in [0.05, 0.1) is 12.7 Å². The second kappa shape index (κ2) is 7.83. The van der Waals surface area contributed by atoms with E-state index < -0.39 is 24.0 Å². The number of carbonyl (C=O) groups excluding carboxylic acids is 3. The summed E-state index contributed by atoms with van der Waals surface area (Å²) in [6.07, 6.45) is 1.27. The maximum Gasteiger partial charge on any atom is 0.318 e. The van der Waals surface area contributed by atoms with Crippen LogP contribution in [0.4, 0.5) is 4.79 Å². The molecule has 0 aliphatic carbocycles. The van der Waals surface area contributed by atoms with Crippen LogP contribution in [0.25, 0.3) is 11.0 Å². The quantitative estimate of drug-likeness (QED) is 0.780. The molecular formula is C18H22N2O5. The number of furan rings is 1. The number of hydrogen-bond donors (Lipinski definition) is 2. The van der Waals surface area contributed by atoms with Crippen LogP contribution in [0, 0.1) is 5.92 Å². The molecule has 3 N–H and O–H groups in total. The number of ether oxygens (including phenoxy) is 1. The highest BCUT2D eigenvalue weighted by Crippen LogP contribution is 2.23. The van der Waals surface area contributed by atoms with Gasteiger partial charge in [-0.2, -0.15) is 0 Å². The third-order valence-corrected chi connectivity index (χ3v) is 3.83. The van der Waals surface area contributed by atoms with E-state index >= 15 is 0 Å². The van der Waals surface area contributed by atoms with Gasteiger partial charge < -0.3 is 14.9 Å². The molecule has 1 atom stereocenters. The molecule has 7 nitrogen and oxygen atoms in total. The number of urea groups is 1. The van der Waals surface area contributed by atoms with E-state index in [9.17, 15) is 14.4 Å². The average Bonchev–Trinajstić information content (AvgIpc) is 2.93. The van der Waals surface area contributed by atoms with E-state index in [1.165, 1.54) is 6.26 Å². The number of nitrogens with one attached hydrogen (secondary N) is 1. The van der Waals surface area contributed by atoms with Gasteiger partial charge in [0, 0.05) is 10.9 Å². The number of aryl methyl sites for hydroxylation is 1. The number of primary amides is 1. The van der Waals surface area contributed by atoms with Gasteiger partial charge in [-0.05, 0) is 24.0 Å². The van der Waals surface area contributed by atoms with Crippen LogP contribution in [0.5, 0.6) is 0 Å². The molecule has 1 aromatic heterocycles. The first-order chi connectivity index (χ1) is 11.8. The molecule has 134 valence electrons. The van der Waals surface area contributed by atoms with Gasteiger partial charge in [-0.1, -0.05) is 32.9 Å². The van der Waals surface area contributed by atoms with Crippen molar-refractivity contribution in [3.63, 3.8) is 0 Å². The fraction of sp³-hybridized carbons (Fsp3) is 0.389. The predicted octanol–water partition coefficient (Wildman–Crippen LogP) is 2.30. The molecule has 0 aliphatic rings. The second-order valence-electron chi connectivity index (χ2n) is 6.13. The van der Waals surface area contributed by atoms with Gasteiger partial charge in [-0.15, -0.1) is 0 Å². The lowest BCUT2D eigenvalue weighted by Crippen LogP contribution is -2.45. The molecule has 1 heterocycles. The SMILES string of the molecule is CCc1ccc2c(CC(=O)O[C@H](C(=O)NC(N)=O)C(C)C)coc2c1. The van der Waals surface area contributed by atoms with Crippen molar-refractivity contribution in [2.75, 3.05) is 0 Å². The van der Waals surface area contributed by atoms with Gasteiger partial charge in [0.15, 0.2) is 6.10 Å². The van der Waals surface area contributed by atoms with Crippen molar-refractivity contribution in [1.82, 2.24) is 5.32 Å². The smallest absolute Gasteiger partial charge is 0.318 e. The maximum absolute atomic E-state index is 12.2. The van der Waals surface area contributed by atoms with E-state index in [1.54, 1.807) is 13.8 Å². The molecule has 0 bridgehead atoms. The summed E-state index contributed by atoms with van der Waals surface area (Å²) in [4.78, 5) is 34.9. The molecule has 25 heavy (non-hydrogen) atoms. The maximum atomic E-state index is 12.2. The molecule has 0 fully saturated rings. The van der Waals surface area contributed by atoms with E-state index in [4.69, 9.17) is 14.9 Å². The minimum Gasteiger partial charge on any atom is -0.464 e. The summed E-state index contributed by atoms with van der Waals surface area (Å²) >= 11 is 0. The zero-order valence-electron chi connectivity index (χ0n) is 14.5. The molecular weight excluding hydrogens is 324 g/mol. The van der Waals surface area contributed by atoms with Crippen LogP contribution in [-0.2, 0) is 27.2 Å². The standard InChI is InChI=1S/C18H22N2O5/c1-4-11-5-6-13-12(9-24-14(13)7-11)8-15(21)25-16(10(2)3)17(22)20-18(19)23/h5-7,9-10,16H,4,8H2,1-3H3,(H3,19,20,22,23)/t16-/m0/s1. The molecule has 7 heteroatoms. The van der Waals surface area contributed by atoms with Gasteiger partial charge >= 0.3 is 12.0 Å². The van der Waals surface area contributed by atoms with Crippen LogP contribution in [-0.4, -0.2) is 24.0 Å². The fourth-order valence-corrected chi connectivity index (χ4v) is 2.51. The third kappa shape index (κ3) is 4.59. The topological polar surface area (TPSA) is 112 Å². The van der Waals surface area contributed by atoms with Gasteiger partial charge in [0.25, 0.3) is 5.91 Å². The van der Waals surface area contributed by atoms with Crippen LogP contribution < -0.4 is 11.1 Å². The number of hydrogen-bond acceptors (Lipinski definition) is 5. The molecule has 1 aromatic carbocycles. The highest BCUT2D eigenvalue weighted by Gasteiger charge is 2.27. The predicted molar refractivity (Wildman–Crippen MR) is 91.7 cm³/mol. The first kappa shape index (κ1) is 18.5. The Balaban J connectivity index is 2.10. The number of esters is 1. The summed E-state index contributed by atoms with van der Waals surface area (Å²) in [5, 5.41) is 2.77. The highest BCUT2D eigenvalue weighted by molar-refractivity contribution is 5.97. The van der Waals surface area contributed by atoms with E-state index in [0.717, 1.165) is 17.4 Å². The summed E-state index contributed by atoms with van der Waals surface area (Å²) in [7, 11) is 0. The minimum absolute atomic E-state index is 0.0362. The van der Waals surface area contributed by atoms with Crippen LogP contribution in [0.2, 0.25) is 0 Å². The molecule has 2 aromatic rings. The molecule has 0 unspecified atom stereocenters. The summed E-state index contributed by atoms with van der Waals surface area (Å²) in [6.45, 7) is 5.46. The highest BCUT2D eigenvalue weighted by atomic mass is 16.5. The molecule has 3 amide bonds. The van der Waals surface area contributed by atoms with E-state index in [0.29, 0.717) is 11.1 Å². The van der Waals surface area contributed by atoms with Crippen molar-refractivity contribution in [1.29, 1.82) is 0 Å². The summed E-state index contributed by atoms with van der Waals surface area (Å²) in [5.41, 5.74) is 7.46. The van der Waals surface area contributed by atoms with Crippen molar-refractivity contribution >= 4 is 28.9 Å². The summed E-state index contributed by atoms with van der Waals surface area (Å²) < 4.78 is 10.7. The van der Waals surface area contributed by atoms with Crippen LogP contribution in [0.3, 0.4) is 0 Å². The fourth-order valence-electron chi connectivity index (χ4n) is 2.51. The summed E-state index contributed by atoms with van der Waals surface area (Å²) in [6, 6.07) is 4.82.